The number of hydrogen-bond donors (Lipinski definition) is 2. The third-order valence-electron chi connectivity index (χ3n) is 8.02. The minimum Gasteiger partial charge on any atom is -0.508 e. The van der Waals surface area contributed by atoms with E-state index in [4.69, 9.17) is 4.84 Å². The number of piperazine rings is 1. The first-order chi connectivity index (χ1) is 21.8. The standard InChI is InChI=1S/C34H37N5O6/c1-3-18-37-23-32(42)38-29(20-25-12-15-28(40)16-13-25)34(44)36(21-26-10-7-11-27(19-26)33(43)35-45-2)22-30(38)39(37)31(41)17-14-24-8-5-4-6-9-24/h3-13,15-16,19,29-30,40H,1,14,17-18,20-23H2,2H3,(H,35,43)/t29-,30-/m0/s1. The fourth-order valence-electron chi connectivity index (χ4n) is 5.95. The van der Waals surface area contributed by atoms with Crippen LogP contribution in [0.3, 0.4) is 0 Å². The van der Waals surface area contributed by atoms with Crippen LogP contribution in [0, 0.1) is 0 Å². The number of amides is 4. The van der Waals surface area contributed by atoms with E-state index in [2.05, 4.69) is 12.1 Å². The van der Waals surface area contributed by atoms with E-state index in [0.29, 0.717) is 17.5 Å². The fraction of sp³-hybridized carbons (Fsp3) is 0.294. The summed E-state index contributed by atoms with van der Waals surface area (Å²) in [6.07, 6.45) is 1.82. The molecule has 2 atom stereocenters. The summed E-state index contributed by atoms with van der Waals surface area (Å²) in [6.45, 7) is 4.28. The van der Waals surface area contributed by atoms with Crippen molar-refractivity contribution in [2.45, 2.75) is 38.0 Å². The van der Waals surface area contributed by atoms with Gasteiger partial charge in [-0.1, -0.05) is 60.7 Å². The van der Waals surface area contributed by atoms with E-state index in [1.165, 1.54) is 19.2 Å². The Morgan fingerprint density at radius 2 is 1.73 bits per heavy atom. The first-order valence-corrected chi connectivity index (χ1v) is 14.8. The lowest BCUT2D eigenvalue weighted by molar-refractivity contribution is -0.205. The number of rotatable bonds is 11. The summed E-state index contributed by atoms with van der Waals surface area (Å²) in [4.78, 5) is 62.2. The lowest BCUT2D eigenvalue weighted by atomic mass is 9.97. The molecule has 0 unspecified atom stereocenters. The second kappa shape index (κ2) is 14.2. The predicted octanol–water partition coefficient (Wildman–Crippen LogP) is 2.67. The van der Waals surface area contributed by atoms with Gasteiger partial charge < -0.3 is 14.9 Å². The third kappa shape index (κ3) is 7.22. The molecule has 234 valence electrons. The van der Waals surface area contributed by atoms with Crippen molar-refractivity contribution in [3.63, 3.8) is 0 Å². The highest BCUT2D eigenvalue weighted by molar-refractivity contribution is 5.94. The summed E-state index contributed by atoms with van der Waals surface area (Å²) >= 11 is 0. The van der Waals surface area contributed by atoms with Crippen LogP contribution in [-0.4, -0.2) is 87.5 Å². The quantitative estimate of drug-likeness (QED) is 0.253. The van der Waals surface area contributed by atoms with Crippen molar-refractivity contribution in [1.29, 1.82) is 0 Å². The highest BCUT2D eigenvalue weighted by Crippen LogP contribution is 2.30. The molecule has 2 saturated heterocycles. The number of aromatic hydroxyl groups is 1. The number of carbonyl (C=O) groups is 4. The van der Waals surface area contributed by atoms with Gasteiger partial charge in [0.05, 0.1) is 20.2 Å². The lowest BCUT2D eigenvalue weighted by Crippen LogP contribution is -2.75. The van der Waals surface area contributed by atoms with Gasteiger partial charge in [-0.05, 0) is 47.4 Å². The minimum atomic E-state index is -0.893. The Morgan fingerprint density at radius 1 is 1.00 bits per heavy atom. The molecule has 0 aromatic heterocycles. The summed E-state index contributed by atoms with van der Waals surface area (Å²) in [7, 11) is 1.35. The Kier molecular flexibility index (Phi) is 9.91. The molecule has 3 aromatic carbocycles. The van der Waals surface area contributed by atoms with E-state index < -0.39 is 18.1 Å². The molecule has 2 aliphatic heterocycles. The number of hydrogen-bond acceptors (Lipinski definition) is 7. The van der Waals surface area contributed by atoms with Gasteiger partial charge in [-0.15, -0.1) is 6.58 Å². The van der Waals surface area contributed by atoms with Crippen molar-refractivity contribution in [1.82, 2.24) is 25.3 Å². The van der Waals surface area contributed by atoms with Gasteiger partial charge in [0.15, 0.2) is 0 Å². The Hall–Kier alpha value is -5.00. The molecule has 11 nitrogen and oxygen atoms in total. The van der Waals surface area contributed by atoms with Gasteiger partial charge in [-0.25, -0.2) is 15.5 Å². The Labute approximate surface area is 262 Å². The third-order valence-corrected chi connectivity index (χ3v) is 8.02. The van der Waals surface area contributed by atoms with Gasteiger partial charge in [0.25, 0.3) is 5.91 Å². The molecule has 2 heterocycles. The summed E-state index contributed by atoms with van der Waals surface area (Å²) < 4.78 is 0. The van der Waals surface area contributed by atoms with Gasteiger partial charge in [0.2, 0.25) is 17.7 Å². The second-order valence-corrected chi connectivity index (χ2v) is 11.1. The molecular formula is C34H37N5O6. The molecule has 0 spiro atoms. The second-order valence-electron chi connectivity index (χ2n) is 11.1. The molecule has 0 radical (unpaired) electrons. The Morgan fingerprint density at radius 3 is 2.44 bits per heavy atom. The maximum Gasteiger partial charge on any atom is 0.274 e. The van der Waals surface area contributed by atoms with Crippen LogP contribution >= 0.6 is 0 Å². The van der Waals surface area contributed by atoms with Crippen molar-refractivity contribution >= 4 is 23.6 Å². The number of carbonyl (C=O) groups excluding carboxylic acids is 4. The van der Waals surface area contributed by atoms with E-state index in [-0.39, 0.29) is 62.5 Å². The number of nitrogens with zero attached hydrogens (tertiary/aromatic N) is 4. The summed E-state index contributed by atoms with van der Waals surface area (Å²) in [6, 6.07) is 22.2. The zero-order valence-corrected chi connectivity index (χ0v) is 25.2. The van der Waals surface area contributed by atoms with Gasteiger partial charge in [0.1, 0.15) is 18.0 Å². The van der Waals surface area contributed by atoms with Crippen molar-refractivity contribution in [2.24, 2.45) is 0 Å². The molecule has 2 fully saturated rings. The van der Waals surface area contributed by atoms with Gasteiger partial charge in [-0.3, -0.25) is 24.0 Å². The molecule has 4 amide bonds. The van der Waals surface area contributed by atoms with E-state index in [1.807, 2.05) is 36.4 Å². The molecule has 0 aliphatic carbocycles. The first kappa shape index (κ1) is 31.4. The molecule has 2 aliphatic rings. The van der Waals surface area contributed by atoms with Crippen LogP contribution in [0.5, 0.6) is 5.75 Å². The number of fused-ring (bicyclic) bond motifs is 1. The highest BCUT2D eigenvalue weighted by atomic mass is 16.6. The number of phenolic OH excluding ortho intramolecular Hbond substituents is 1. The predicted molar refractivity (Wildman–Crippen MR) is 166 cm³/mol. The van der Waals surface area contributed by atoms with Crippen LogP contribution in [0.1, 0.15) is 33.5 Å². The first-order valence-electron chi connectivity index (χ1n) is 14.8. The summed E-state index contributed by atoms with van der Waals surface area (Å²) in [5.74, 6) is -1.03. The molecule has 11 heteroatoms. The molecular weight excluding hydrogens is 574 g/mol. The van der Waals surface area contributed by atoms with Crippen LogP contribution in [0.15, 0.2) is 91.5 Å². The van der Waals surface area contributed by atoms with Crippen LogP contribution in [0.4, 0.5) is 0 Å². The molecule has 0 saturated carbocycles. The smallest absolute Gasteiger partial charge is 0.274 e. The van der Waals surface area contributed by atoms with Crippen LogP contribution in [0.2, 0.25) is 0 Å². The number of hydroxylamine groups is 1. The van der Waals surface area contributed by atoms with Gasteiger partial charge in [-0.2, -0.15) is 0 Å². The highest BCUT2D eigenvalue weighted by Gasteiger charge is 2.51. The average molecular weight is 612 g/mol. The van der Waals surface area contributed by atoms with Crippen LogP contribution < -0.4 is 5.48 Å². The maximum absolute atomic E-state index is 14.2. The largest absolute Gasteiger partial charge is 0.508 e. The van der Waals surface area contributed by atoms with Gasteiger partial charge in [0, 0.05) is 31.5 Å². The number of benzene rings is 3. The zero-order valence-electron chi connectivity index (χ0n) is 25.2. The lowest BCUT2D eigenvalue weighted by Gasteiger charge is -2.55. The van der Waals surface area contributed by atoms with Crippen molar-refractivity contribution in [3.05, 3.63) is 114 Å². The van der Waals surface area contributed by atoms with Crippen LogP contribution in [0.25, 0.3) is 0 Å². The van der Waals surface area contributed by atoms with Crippen LogP contribution in [-0.2, 0) is 38.6 Å². The topological polar surface area (TPSA) is 123 Å². The van der Waals surface area contributed by atoms with E-state index in [0.717, 1.165) is 11.1 Å². The molecule has 2 N–H and O–H groups in total. The van der Waals surface area contributed by atoms with Crippen molar-refractivity contribution in [3.8, 4) is 5.75 Å². The molecule has 0 bridgehead atoms. The number of phenols is 1. The molecule has 3 aromatic rings. The maximum atomic E-state index is 14.2. The van der Waals surface area contributed by atoms with E-state index >= 15 is 0 Å². The fourth-order valence-corrected chi connectivity index (χ4v) is 5.95. The number of aryl methyl sites for hydroxylation is 1. The number of hydrazine groups is 1. The SMILES string of the molecule is C=CCN1CC(=O)N2[C@@H](Cc3ccc(O)cc3)C(=O)N(Cc3cccc(C(=O)NOC)c3)C[C@@H]2N1C(=O)CCc1ccccc1. The average Bonchev–Trinajstić information content (AvgIpc) is 3.04. The van der Waals surface area contributed by atoms with E-state index in [9.17, 15) is 24.3 Å². The summed E-state index contributed by atoms with van der Waals surface area (Å²) in [5, 5.41) is 13.1. The van der Waals surface area contributed by atoms with Gasteiger partial charge >= 0.3 is 0 Å². The molecule has 45 heavy (non-hydrogen) atoms. The van der Waals surface area contributed by atoms with Crippen molar-refractivity contribution < 1.29 is 29.1 Å². The number of nitrogens with one attached hydrogen (secondary N) is 1. The summed E-state index contributed by atoms with van der Waals surface area (Å²) in [5.41, 5.74) is 5.15. The minimum absolute atomic E-state index is 0.0738. The molecule has 5 rings (SSSR count). The monoisotopic (exact) mass is 611 g/mol. The Bertz CT molecular complexity index is 1550. The van der Waals surface area contributed by atoms with E-state index in [1.54, 1.807) is 56.2 Å². The zero-order chi connectivity index (χ0) is 31.9. The van der Waals surface area contributed by atoms with Crippen molar-refractivity contribution in [2.75, 3.05) is 26.7 Å². The normalized spacial score (nSPS) is 18.5. The Balaban J connectivity index is 1.49.